The Balaban J connectivity index is 2.05. The average molecular weight is 224 g/mol. The molecule has 1 aliphatic rings. The van der Waals surface area contributed by atoms with Crippen LogP contribution in [0.15, 0.2) is 12.5 Å². The topological polar surface area (TPSA) is 75.4 Å². The van der Waals surface area contributed by atoms with Crippen molar-refractivity contribution in [2.75, 3.05) is 0 Å². The summed E-state index contributed by atoms with van der Waals surface area (Å²) in [6, 6.07) is 0.451. The molecular formula is C11H16N2O3. The third kappa shape index (κ3) is 2.24. The van der Waals surface area contributed by atoms with Crippen LogP contribution in [0.2, 0.25) is 0 Å². The van der Waals surface area contributed by atoms with Crippen molar-refractivity contribution in [1.29, 1.82) is 0 Å². The molecule has 2 unspecified atom stereocenters. The summed E-state index contributed by atoms with van der Waals surface area (Å²) < 4.78 is 1.96. The Kier molecular flexibility index (Phi) is 2.96. The Morgan fingerprint density at radius 2 is 2.38 bits per heavy atom. The van der Waals surface area contributed by atoms with Gasteiger partial charge in [0.15, 0.2) is 0 Å². The SMILES string of the molecule is CC(CC(O)c1cncn1C1CC1)C(=O)O. The predicted octanol–water partition coefficient (Wildman–Crippen LogP) is 1.36. The first-order valence-corrected chi connectivity index (χ1v) is 5.52. The van der Waals surface area contributed by atoms with Crippen LogP contribution in [0.1, 0.15) is 44.0 Å². The summed E-state index contributed by atoms with van der Waals surface area (Å²) in [5.41, 5.74) is 0.732. The molecule has 1 fully saturated rings. The second-order valence-corrected chi connectivity index (χ2v) is 4.45. The van der Waals surface area contributed by atoms with Crippen LogP contribution in [-0.4, -0.2) is 25.7 Å². The highest BCUT2D eigenvalue weighted by Gasteiger charge is 2.28. The van der Waals surface area contributed by atoms with Gasteiger partial charge in [-0.05, 0) is 19.3 Å². The van der Waals surface area contributed by atoms with Crippen molar-refractivity contribution < 1.29 is 15.0 Å². The number of aliphatic carboxylic acids is 1. The molecule has 1 heterocycles. The lowest BCUT2D eigenvalue weighted by molar-refractivity contribution is -0.142. The monoisotopic (exact) mass is 224 g/mol. The van der Waals surface area contributed by atoms with Crippen LogP contribution in [-0.2, 0) is 4.79 Å². The van der Waals surface area contributed by atoms with Gasteiger partial charge in [-0.15, -0.1) is 0 Å². The predicted molar refractivity (Wildman–Crippen MR) is 56.9 cm³/mol. The summed E-state index contributed by atoms with van der Waals surface area (Å²) in [4.78, 5) is 14.7. The molecule has 2 atom stereocenters. The van der Waals surface area contributed by atoms with E-state index in [1.165, 1.54) is 0 Å². The maximum Gasteiger partial charge on any atom is 0.306 e. The fraction of sp³-hybridized carbons (Fsp3) is 0.636. The number of aromatic nitrogens is 2. The van der Waals surface area contributed by atoms with Gasteiger partial charge in [-0.25, -0.2) is 4.98 Å². The minimum atomic E-state index is -0.878. The number of carboxylic acid groups (broad SMARTS) is 1. The average Bonchev–Trinajstić information content (AvgIpc) is 2.95. The van der Waals surface area contributed by atoms with Gasteiger partial charge >= 0.3 is 5.97 Å². The van der Waals surface area contributed by atoms with Crippen molar-refractivity contribution in [3.8, 4) is 0 Å². The molecule has 0 spiro atoms. The molecule has 0 aliphatic heterocycles. The van der Waals surface area contributed by atoms with E-state index in [-0.39, 0.29) is 6.42 Å². The standard InChI is InChI=1S/C11H16N2O3/c1-7(11(15)16)4-10(14)9-5-12-6-13(9)8-2-3-8/h5-8,10,14H,2-4H2,1H3,(H,15,16). The van der Waals surface area contributed by atoms with Crippen LogP contribution in [0.4, 0.5) is 0 Å². The Hall–Kier alpha value is -1.36. The summed E-state index contributed by atoms with van der Waals surface area (Å²) in [5.74, 6) is -1.42. The molecule has 0 bridgehead atoms. The molecule has 2 rings (SSSR count). The van der Waals surface area contributed by atoms with Gasteiger partial charge in [-0.3, -0.25) is 4.79 Å². The van der Waals surface area contributed by atoms with Gasteiger partial charge in [0.25, 0.3) is 0 Å². The number of carboxylic acids is 1. The van der Waals surface area contributed by atoms with E-state index in [1.807, 2.05) is 4.57 Å². The zero-order valence-corrected chi connectivity index (χ0v) is 9.21. The normalized spacial score (nSPS) is 19.4. The number of imidazole rings is 1. The van der Waals surface area contributed by atoms with E-state index in [4.69, 9.17) is 5.11 Å². The number of aliphatic hydroxyl groups excluding tert-OH is 1. The maximum atomic E-state index is 10.7. The molecular weight excluding hydrogens is 208 g/mol. The largest absolute Gasteiger partial charge is 0.481 e. The van der Waals surface area contributed by atoms with Gasteiger partial charge in [0.05, 0.1) is 30.2 Å². The number of nitrogens with zero attached hydrogens (tertiary/aromatic N) is 2. The first-order chi connectivity index (χ1) is 7.59. The van der Waals surface area contributed by atoms with E-state index in [0.717, 1.165) is 18.5 Å². The van der Waals surface area contributed by atoms with E-state index in [2.05, 4.69) is 4.98 Å². The van der Waals surface area contributed by atoms with E-state index in [0.29, 0.717) is 6.04 Å². The number of carbonyl (C=O) groups is 1. The van der Waals surface area contributed by atoms with Crippen LogP contribution >= 0.6 is 0 Å². The smallest absolute Gasteiger partial charge is 0.306 e. The molecule has 88 valence electrons. The molecule has 1 aromatic heterocycles. The molecule has 16 heavy (non-hydrogen) atoms. The molecule has 0 amide bonds. The van der Waals surface area contributed by atoms with Gasteiger partial charge in [0, 0.05) is 6.04 Å². The summed E-state index contributed by atoms with van der Waals surface area (Å²) in [5, 5.41) is 18.7. The fourth-order valence-electron chi connectivity index (χ4n) is 1.79. The van der Waals surface area contributed by atoms with Crippen LogP contribution in [0.3, 0.4) is 0 Å². The molecule has 1 saturated carbocycles. The molecule has 1 aromatic rings. The lowest BCUT2D eigenvalue weighted by Gasteiger charge is -2.15. The molecule has 0 aromatic carbocycles. The Labute approximate surface area is 93.7 Å². The first kappa shape index (κ1) is 11.1. The number of rotatable bonds is 5. The number of hydrogen-bond donors (Lipinski definition) is 2. The van der Waals surface area contributed by atoms with Crippen molar-refractivity contribution in [2.24, 2.45) is 5.92 Å². The molecule has 5 nitrogen and oxygen atoms in total. The zero-order chi connectivity index (χ0) is 11.7. The van der Waals surface area contributed by atoms with Crippen LogP contribution < -0.4 is 0 Å². The summed E-state index contributed by atoms with van der Waals surface area (Å²) >= 11 is 0. The van der Waals surface area contributed by atoms with E-state index >= 15 is 0 Å². The highest BCUT2D eigenvalue weighted by atomic mass is 16.4. The van der Waals surface area contributed by atoms with Crippen LogP contribution in [0.5, 0.6) is 0 Å². The molecule has 2 N–H and O–H groups in total. The Morgan fingerprint density at radius 3 is 2.94 bits per heavy atom. The highest BCUT2D eigenvalue weighted by molar-refractivity contribution is 5.69. The second kappa shape index (κ2) is 4.25. The van der Waals surface area contributed by atoms with Gasteiger partial charge in [-0.2, -0.15) is 0 Å². The number of hydrogen-bond acceptors (Lipinski definition) is 3. The van der Waals surface area contributed by atoms with Gasteiger partial charge in [-0.1, -0.05) is 6.92 Å². The third-order valence-corrected chi connectivity index (χ3v) is 2.98. The maximum absolute atomic E-state index is 10.7. The molecule has 1 aliphatic carbocycles. The molecule has 0 radical (unpaired) electrons. The molecule has 5 heteroatoms. The van der Waals surface area contributed by atoms with Crippen LogP contribution in [0, 0.1) is 5.92 Å². The van der Waals surface area contributed by atoms with Crippen LogP contribution in [0.25, 0.3) is 0 Å². The highest BCUT2D eigenvalue weighted by Crippen LogP contribution is 2.37. The summed E-state index contributed by atoms with van der Waals surface area (Å²) in [6.45, 7) is 1.60. The summed E-state index contributed by atoms with van der Waals surface area (Å²) in [7, 11) is 0. The zero-order valence-electron chi connectivity index (χ0n) is 9.21. The lowest BCUT2D eigenvalue weighted by Crippen LogP contribution is -2.15. The van der Waals surface area contributed by atoms with Gasteiger partial charge < -0.3 is 14.8 Å². The van der Waals surface area contributed by atoms with E-state index in [9.17, 15) is 9.90 Å². The lowest BCUT2D eigenvalue weighted by atomic mass is 10.0. The third-order valence-electron chi connectivity index (χ3n) is 2.98. The van der Waals surface area contributed by atoms with Crippen molar-refractivity contribution in [3.05, 3.63) is 18.2 Å². The minimum absolute atomic E-state index is 0.230. The number of aliphatic hydroxyl groups is 1. The second-order valence-electron chi connectivity index (χ2n) is 4.45. The van der Waals surface area contributed by atoms with E-state index < -0.39 is 18.0 Å². The summed E-state index contributed by atoms with van der Waals surface area (Å²) in [6.07, 6.45) is 5.05. The van der Waals surface area contributed by atoms with Crippen molar-refractivity contribution in [2.45, 2.75) is 38.3 Å². The minimum Gasteiger partial charge on any atom is -0.481 e. The Morgan fingerprint density at radius 1 is 1.69 bits per heavy atom. The van der Waals surface area contributed by atoms with Gasteiger partial charge in [0.1, 0.15) is 0 Å². The fourth-order valence-corrected chi connectivity index (χ4v) is 1.79. The first-order valence-electron chi connectivity index (χ1n) is 5.52. The van der Waals surface area contributed by atoms with Crippen molar-refractivity contribution >= 4 is 5.97 Å². The molecule has 0 saturated heterocycles. The van der Waals surface area contributed by atoms with Crippen molar-refractivity contribution in [1.82, 2.24) is 9.55 Å². The van der Waals surface area contributed by atoms with E-state index in [1.54, 1.807) is 19.4 Å². The quantitative estimate of drug-likeness (QED) is 0.791. The Bertz CT molecular complexity index is 384. The van der Waals surface area contributed by atoms with Gasteiger partial charge in [0.2, 0.25) is 0 Å². The van der Waals surface area contributed by atoms with Crippen molar-refractivity contribution in [3.63, 3.8) is 0 Å².